The average Bonchev–Trinajstić information content (AvgIpc) is 2.42. The summed E-state index contributed by atoms with van der Waals surface area (Å²) in [7, 11) is 0. The van der Waals surface area contributed by atoms with Crippen LogP contribution in [-0.2, 0) is 4.79 Å². The molecule has 0 aromatic rings. The van der Waals surface area contributed by atoms with Crippen LogP contribution in [0.3, 0.4) is 0 Å². The van der Waals surface area contributed by atoms with Gasteiger partial charge in [0, 0.05) is 0 Å². The van der Waals surface area contributed by atoms with Gasteiger partial charge in [0.25, 0.3) is 0 Å². The van der Waals surface area contributed by atoms with Crippen LogP contribution < -0.4 is 0 Å². The van der Waals surface area contributed by atoms with Crippen molar-refractivity contribution in [1.82, 2.24) is 2.71 Å². The summed E-state index contributed by atoms with van der Waals surface area (Å²) in [6, 6.07) is -0.0754. The predicted molar refractivity (Wildman–Crippen MR) is 39.3 cm³/mol. The zero-order valence-electron chi connectivity index (χ0n) is 4.17. The van der Waals surface area contributed by atoms with Crippen molar-refractivity contribution in [1.29, 1.82) is 0 Å². The van der Waals surface area contributed by atoms with Crippen LogP contribution in [0.2, 0.25) is 0 Å². The maximum absolute atomic E-state index is 10.1. The molecular weight excluding hydrogens is 413 g/mol. The summed E-state index contributed by atoms with van der Waals surface area (Å²) in [5.41, 5.74) is 0. The van der Waals surface area contributed by atoms with Crippen molar-refractivity contribution >= 4 is 44.0 Å². The Hall–Kier alpha value is 1.08. The Bertz CT molecular complexity index is 120. The molecule has 0 aliphatic carbocycles. The molecule has 0 saturated carbocycles. The van der Waals surface area contributed by atoms with E-state index in [-0.39, 0.29) is 6.04 Å². The van der Waals surface area contributed by atoms with Gasteiger partial charge in [-0.15, -0.1) is 0 Å². The molecule has 5 heteroatoms. The minimum absolute atomic E-state index is 0.0754. The summed E-state index contributed by atoms with van der Waals surface area (Å²) in [5.74, 6) is -0.637. The molecule has 1 unspecified atom stereocenters. The van der Waals surface area contributed by atoms with Crippen LogP contribution >= 0.6 is 17.8 Å². The quantitative estimate of drug-likeness (QED) is 0.372. The van der Waals surface area contributed by atoms with Gasteiger partial charge >= 0.3 is 69.2 Å². The molecule has 44 valence electrons. The molecule has 0 amide bonds. The van der Waals surface area contributed by atoms with Crippen LogP contribution in [0, 0.1) is 0 Å². The molecule has 0 radical (unpaired) electrons. The number of aliphatic carboxylic acids is 1. The summed E-state index contributed by atoms with van der Waals surface area (Å²) < 4.78 is 2.10. The number of nitrogens with zero attached hydrogens (tertiary/aromatic N) is 1. The van der Waals surface area contributed by atoms with Gasteiger partial charge in [-0.2, -0.15) is 0 Å². The molecule has 1 fully saturated rings. The van der Waals surface area contributed by atoms with Gasteiger partial charge in [-0.1, -0.05) is 0 Å². The normalized spacial score (nSPS) is 34.1. The van der Waals surface area contributed by atoms with Crippen molar-refractivity contribution in [3.05, 3.63) is 0 Å². The van der Waals surface area contributed by atoms with Crippen LogP contribution in [0.5, 0.6) is 0 Å². The topological polar surface area (TPSA) is 40.3 Å². The van der Waals surface area contributed by atoms with Gasteiger partial charge in [0.1, 0.15) is 0 Å². The number of halogens is 1. The average molecular weight is 418 g/mol. The van der Waals surface area contributed by atoms with Crippen LogP contribution in [0.15, 0.2) is 0 Å². The van der Waals surface area contributed by atoms with E-state index < -0.39 is 26.2 Å². The van der Waals surface area contributed by atoms with Gasteiger partial charge in [0.05, 0.1) is 0 Å². The van der Waals surface area contributed by atoms with Gasteiger partial charge in [-0.3, -0.25) is 0 Å². The molecule has 2 atom stereocenters. The standard InChI is InChI=1S/C3H4NO2.HI.Tl.H/c5-3(6)2-1-4-2;;;/h2H,1H2,(H,5,6);1H;;/q-1;;+2;/p-1/t2-;;;/m1.../s1. The molecule has 1 rings (SSSR count). The monoisotopic (exact) mass is 419 g/mol. The minimum atomic E-state index is -0.829. The summed E-state index contributed by atoms with van der Waals surface area (Å²) in [6.45, 7) is 0.833. The van der Waals surface area contributed by atoms with E-state index in [4.69, 9.17) is 5.11 Å². The van der Waals surface area contributed by atoms with E-state index in [1.54, 1.807) is 0 Å². The van der Waals surface area contributed by atoms with Crippen molar-refractivity contribution in [2.75, 3.05) is 6.54 Å². The molecule has 0 spiro atoms. The van der Waals surface area contributed by atoms with E-state index in [1.165, 1.54) is 0 Å². The molecule has 8 heavy (non-hydrogen) atoms. The fourth-order valence-electron chi connectivity index (χ4n) is 0.541. The van der Waals surface area contributed by atoms with Gasteiger partial charge in [0.2, 0.25) is 0 Å². The van der Waals surface area contributed by atoms with Crippen molar-refractivity contribution in [2.45, 2.75) is 6.04 Å². The Kier molecular flexibility index (Phi) is 2.50. The Morgan fingerprint density at radius 1 is 2.00 bits per heavy atom. The van der Waals surface area contributed by atoms with Gasteiger partial charge in [-0.25, -0.2) is 0 Å². The van der Waals surface area contributed by atoms with E-state index in [1.807, 2.05) is 0 Å². The summed E-state index contributed by atoms with van der Waals surface area (Å²) in [6.07, 6.45) is 0. The molecule has 1 N–H and O–H groups in total. The molecule has 1 heterocycles. The fourth-order valence-corrected chi connectivity index (χ4v) is 9.74. The fraction of sp³-hybridized carbons (Fsp3) is 0.667. The Morgan fingerprint density at radius 2 is 2.62 bits per heavy atom. The number of carboxylic acids is 1. The third-order valence-corrected chi connectivity index (χ3v) is 12.8. The Morgan fingerprint density at radius 3 is 2.75 bits per heavy atom. The second-order valence-corrected chi connectivity index (χ2v) is 11.8. The van der Waals surface area contributed by atoms with Crippen molar-refractivity contribution in [3.63, 3.8) is 0 Å². The van der Waals surface area contributed by atoms with Crippen LogP contribution in [-0.4, -0.2) is 46.6 Å². The number of rotatable bonds is 2. The molecule has 0 aromatic heterocycles. The number of carbonyl (C=O) groups is 1. The van der Waals surface area contributed by atoms with Crippen LogP contribution in [0.25, 0.3) is 0 Å². The molecule has 1 saturated heterocycles. The zero-order chi connectivity index (χ0) is 6.15. The van der Waals surface area contributed by atoms with Crippen molar-refractivity contribution in [3.8, 4) is 0 Å². The third kappa shape index (κ3) is 1.53. The molecule has 1 aliphatic heterocycles. The Balaban J connectivity index is 2.26. The summed E-state index contributed by atoms with van der Waals surface area (Å²) in [5, 5.41) is 8.35. The molecule has 0 bridgehead atoms. The Labute approximate surface area is 68.5 Å². The first-order chi connectivity index (χ1) is 3.75. The maximum atomic E-state index is 10.1. The van der Waals surface area contributed by atoms with E-state index in [0.717, 1.165) is 6.54 Å². The van der Waals surface area contributed by atoms with Gasteiger partial charge < -0.3 is 0 Å². The third-order valence-electron chi connectivity index (χ3n) is 1.15. The first-order valence-electron chi connectivity index (χ1n) is 2.28. The van der Waals surface area contributed by atoms with Crippen LogP contribution in [0.4, 0.5) is 0 Å². The second-order valence-electron chi connectivity index (χ2n) is 1.74. The van der Waals surface area contributed by atoms with E-state index in [9.17, 15) is 4.79 Å². The predicted octanol–water partition coefficient (Wildman–Crippen LogP) is -0.543. The molecule has 0 aromatic carbocycles. The summed E-state index contributed by atoms with van der Waals surface area (Å²) in [4.78, 5) is 10.1. The number of hydrogen-bond acceptors (Lipinski definition) is 2. The van der Waals surface area contributed by atoms with Gasteiger partial charge in [-0.05, 0) is 0 Å². The van der Waals surface area contributed by atoms with Crippen molar-refractivity contribution in [2.24, 2.45) is 0 Å². The number of carboxylic acid groups (broad SMARTS) is 1. The second kappa shape index (κ2) is 2.78. The zero-order valence-corrected chi connectivity index (χ0v) is 11.8. The van der Waals surface area contributed by atoms with Crippen LogP contribution in [0.1, 0.15) is 0 Å². The van der Waals surface area contributed by atoms with Crippen molar-refractivity contribution < 1.29 is 9.90 Å². The van der Waals surface area contributed by atoms with E-state index in [0.29, 0.717) is 0 Å². The number of hydrogen-bond donors (Lipinski definition) is 1. The van der Waals surface area contributed by atoms with E-state index >= 15 is 0 Å². The SMILES string of the molecule is O=C(O)[C@H]1C[N]1[TlH][I]. The molecular formula is C3H5INO2Tl. The van der Waals surface area contributed by atoms with Gasteiger partial charge in [0.15, 0.2) is 0 Å². The first-order valence-corrected chi connectivity index (χ1v) is 20.2. The summed E-state index contributed by atoms with van der Waals surface area (Å²) >= 11 is 1.54. The first kappa shape index (κ1) is 7.19. The molecule has 1 aliphatic rings. The molecule has 3 nitrogen and oxygen atoms in total. The van der Waals surface area contributed by atoms with E-state index in [2.05, 4.69) is 20.5 Å².